The highest BCUT2D eigenvalue weighted by molar-refractivity contribution is 5.97. The summed E-state index contributed by atoms with van der Waals surface area (Å²) in [5, 5.41) is 4.37. The van der Waals surface area contributed by atoms with Crippen LogP contribution in [0.4, 0.5) is 11.4 Å². The molecule has 2 N–H and O–H groups in total. The molecule has 0 radical (unpaired) electrons. The second-order valence-corrected chi connectivity index (χ2v) is 9.29. The average molecular weight is 431 g/mol. The third kappa shape index (κ3) is 3.62. The van der Waals surface area contributed by atoms with Crippen LogP contribution in [0.15, 0.2) is 42.6 Å². The Morgan fingerprint density at radius 2 is 2.03 bits per heavy atom. The van der Waals surface area contributed by atoms with Gasteiger partial charge in [0.2, 0.25) is 5.91 Å². The van der Waals surface area contributed by atoms with Gasteiger partial charge in [-0.1, -0.05) is 12.1 Å². The normalized spacial score (nSPS) is 20.1. The van der Waals surface area contributed by atoms with Crippen LogP contribution >= 0.6 is 0 Å². The molecule has 1 atom stereocenters. The average Bonchev–Trinajstić information content (AvgIpc) is 3.22. The summed E-state index contributed by atoms with van der Waals surface area (Å²) >= 11 is 0. The number of benzene rings is 2. The largest absolute Gasteiger partial charge is 0.494 e. The topological polar surface area (TPSA) is 60.6 Å². The maximum absolute atomic E-state index is 11.6. The SMILES string of the molecule is O=C1CCc2ccc(OCCCCN3CCN4c5cccc6[nH]cc(c56)CC4C3)cc2N1. The van der Waals surface area contributed by atoms with Crippen molar-refractivity contribution in [3.05, 3.63) is 53.7 Å². The van der Waals surface area contributed by atoms with E-state index in [2.05, 4.69) is 50.6 Å². The number of unbranched alkanes of at least 4 members (excludes halogenated alkanes) is 1. The van der Waals surface area contributed by atoms with E-state index in [4.69, 9.17) is 4.74 Å². The highest BCUT2D eigenvalue weighted by Gasteiger charge is 2.32. The van der Waals surface area contributed by atoms with Crippen molar-refractivity contribution in [1.82, 2.24) is 9.88 Å². The fourth-order valence-electron chi connectivity index (χ4n) is 5.57. The number of anilines is 2. The van der Waals surface area contributed by atoms with E-state index < -0.39 is 0 Å². The van der Waals surface area contributed by atoms with Gasteiger partial charge in [0.05, 0.1) is 6.61 Å². The van der Waals surface area contributed by atoms with Crippen molar-refractivity contribution in [3.8, 4) is 5.75 Å². The number of carbonyl (C=O) groups excluding carboxylic acids is 1. The Balaban J connectivity index is 0.984. The lowest BCUT2D eigenvalue weighted by Crippen LogP contribution is -2.55. The van der Waals surface area contributed by atoms with Gasteiger partial charge in [-0.2, -0.15) is 0 Å². The molecule has 0 saturated carbocycles. The Bertz CT molecular complexity index is 1150. The number of H-pyrrole nitrogens is 1. The van der Waals surface area contributed by atoms with Gasteiger partial charge >= 0.3 is 0 Å². The first-order valence-electron chi connectivity index (χ1n) is 11.9. The number of carbonyl (C=O) groups is 1. The molecule has 1 amide bonds. The lowest BCUT2D eigenvalue weighted by Gasteiger charge is -2.45. The zero-order valence-electron chi connectivity index (χ0n) is 18.4. The number of aromatic nitrogens is 1. The van der Waals surface area contributed by atoms with Crippen molar-refractivity contribution < 1.29 is 9.53 Å². The summed E-state index contributed by atoms with van der Waals surface area (Å²) in [6.45, 7) is 5.19. The third-order valence-corrected chi connectivity index (χ3v) is 7.21. The maximum Gasteiger partial charge on any atom is 0.224 e. The molecule has 3 aliphatic heterocycles. The van der Waals surface area contributed by atoms with E-state index in [1.54, 1.807) is 0 Å². The minimum atomic E-state index is 0.0946. The molecule has 166 valence electrons. The number of hydrogen-bond donors (Lipinski definition) is 2. The Morgan fingerprint density at radius 1 is 1.06 bits per heavy atom. The highest BCUT2D eigenvalue weighted by atomic mass is 16.5. The van der Waals surface area contributed by atoms with Gasteiger partial charge in [0, 0.05) is 66.6 Å². The summed E-state index contributed by atoms with van der Waals surface area (Å²) in [7, 11) is 0. The van der Waals surface area contributed by atoms with Gasteiger partial charge in [-0.3, -0.25) is 9.69 Å². The van der Waals surface area contributed by atoms with Gasteiger partial charge in [0.1, 0.15) is 5.75 Å². The number of nitrogens with one attached hydrogen (secondary N) is 2. The highest BCUT2D eigenvalue weighted by Crippen LogP contribution is 2.37. The fourth-order valence-corrected chi connectivity index (χ4v) is 5.57. The number of aryl methyl sites for hydroxylation is 1. The van der Waals surface area contributed by atoms with Crippen molar-refractivity contribution in [2.75, 3.05) is 43.0 Å². The first-order chi connectivity index (χ1) is 15.7. The molecule has 2 aromatic carbocycles. The summed E-state index contributed by atoms with van der Waals surface area (Å²) in [6, 6.07) is 13.3. The molecule has 3 aromatic rings. The second-order valence-electron chi connectivity index (χ2n) is 9.29. The quantitative estimate of drug-likeness (QED) is 0.581. The predicted molar refractivity (Wildman–Crippen MR) is 128 cm³/mol. The minimum Gasteiger partial charge on any atom is -0.494 e. The summed E-state index contributed by atoms with van der Waals surface area (Å²) in [5.74, 6) is 0.940. The van der Waals surface area contributed by atoms with Crippen LogP contribution in [-0.4, -0.2) is 54.6 Å². The van der Waals surface area contributed by atoms with Crippen LogP contribution in [0.1, 0.15) is 30.4 Å². The monoisotopic (exact) mass is 430 g/mol. The molecule has 6 rings (SSSR count). The third-order valence-electron chi connectivity index (χ3n) is 7.21. The molecule has 4 heterocycles. The molecule has 6 nitrogen and oxygen atoms in total. The van der Waals surface area contributed by atoms with Crippen molar-refractivity contribution in [2.45, 2.75) is 38.1 Å². The van der Waals surface area contributed by atoms with E-state index in [-0.39, 0.29) is 5.91 Å². The zero-order valence-corrected chi connectivity index (χ0v) is 18.4. The van der Waals surface area contributed by atoms with Crippen LogP contribution in [-0.2, 0) is 17.6 Å². The van der Waals surface area contributed by atoms with E-state index in [0.29, 0.717) is 19.1 Å². The summed E-state index contributed by atoms with van der Waals surface area (Å²) in [6.07, 6.45) is 6.90. The van der Waals surface area contributed by atoms with Crippen LogP contribution in [0.3, 0.4) is 0 Å². The number of amides is 1. The Hall–Kier alpha value is -2.99. The lowest BCUT2D eigenvalue weighted by molar-refractivity contribution is -0.116. The van der Waals surface area contributed by atoms with E-state index in [1.807, 2.05) is 12.1 Å². The lowest BCUT2D eigenvalue weighted by atomic mass is 9.94. The number of nitrogens with zero attached hydrogens (tertiary/aromatic N) is 2. The van der Waals surface area contributed by atoms with Gasteiger partial charge in [0.15, 0.2) is 0 Å². The van der Waals surface area contributed by atoms with Crippen LogP contribution < -0.4 is 15.0 Å². The summed E-state index contributed by atoms with van der Waals surface area (Å²) in [4.78, 5) is 20.3. The minimum absolute atomic E-state index is 0.0946. The number of piperazine rings is 1. The standard InChI is InChI=1S/C26H30N4O2/c31-25-9-7-18-6-8-21(15-23(18)28-25)32-13-2-1-10-29-11-12-30-20(17-29)14-19-16-27-22-4-3-5-24(30)26(19)22/h3-6,8,15-16,20,27H,1-2,7,9-14,17H2,(H,28,31). The first kappa shape index (κ1) is 19.7. The van der Waals surface area contributed by atoms with Crippen LogP contribution in [0.25, 0.3) is 10.9 Å². The first-order valence-corrected chi connectivity index (χ1v) is 11.9. The van der Waals surface area contributed by atoms with Crippen molar-refractivity contribution >= 4 is 28.2 Å². The number of aromatic amines is 1. The Kier molecular flexibility index (Phi) is 5.02. The zero-order chi connectivity index (χ0) is 21.5. The van der Waals surface area contributed by atoms with E-state index >= 15 is 0 Å². The van der Waals surface area contributed by atoms with E-state index in [1.165, 1.54) is 27.7 Å². The van der Waals surface area contributed by atoms with Crippen LogP contribution in [0, 0.1) is 0 Å². The molecular weight excluding hydrogens is 400 g/mol. The van der Waals surface area contributed by atoms with Gasteiger partial charge in [-0.25, -0.2) is 0 Å². The van der Waals surface area contributed by atoms with Crippen molar-refractivity contribution in [2.24, 2.45) is 0 Å². The van der Waals surface area contributed by atoms with Gasteiger partial charge in [0.25, 0.3) is 0 Å². The maximum atomic E-state index is 11.6. The van der Waals surface area contributed by atoms with Gasteiger partial charge in [-0.15, -0.1) is 0 Å². The van der Waals surface area contributed by atoms with Crippen molar-refractivity contribution in [1.29, 1.82) is 0 Å². The molecule has 0 bridgehead atoms. The smallest absolute Gasteiger partial charge is 0.224 e. The van der Waals surface area contributed by atoms with Crippen LogP contribution in [0.2, 0.25) is 0 Å². The number of fused-ring (bicyclic) bond motifs is 3. The molecule has 32 heavy (non-hydrogen) atoms. The molecule has 0 spiro atoms. The molecule has 1 saturated heterocycles. The molecule has 3 aliphatic rings. The number of rotatable bonds is 6. The number of ether oxygens (including phenoxy) is 1. The molecule has 6 heteroatoms. The summed E-state index contributed by atoms with van der Waals surface area (Å²) < 4.78 is 5.96. The fraction of sp³-hybridized carbons (Fsp3) is 0.423. The van der Waals surface area contributed by atoms with Gasteiger partial charge in [-0.05, 0) is 61.6 Å². The molecule has 1 unspecified atom stereocenters. The van der Waals surface area contributed by atoms with Crippen LogP contribution in [0.5, 0.6) is 5.75 Å². The second kappa shape index (κ2) is 8.17. The Labute approximate surface area is 188 Å². The molecule has 0 aliphatic carbocycles. The summed E-state index contributed by atoms with van der Waals surface area (Å²) in [5.41, 5.74) is 6.24. The molecular formula is C26H30N4O2. The predicted octanol–water partition coefficient (Wildman–Crippen LogP) is 3.96. The van der Waals surface area contributed by atoms with E-state index in [9.17, 15) is 4.79 Å². The molecule has 1 aromatic heterocycles. The molecule has 1 fully saturated rings. The Morgan fingerprint density at radius 3 is 3.00 bits per heavy atom. The van der Waals surface area contributed by atoms with Crippen molar-refractivity contribution in [3.63, 3.8) is 0 Å². The van der Waals surface area contributed by atoms with E-state index in [0.717, 1.165) is 63.3 Å². The van der Waals surface area contributed by atoms with Gasteiger partial charge < -0.3 is 19.9 Å². The number of hydrogen-bond acceptors (Lipinski definition) is 4.